The largest absolute Gasteiger partial charge is 0.339 e. The third-order valence-electron chi connectivity index (χ3n) is 3.94. The van der Waals surface area contributed by atoms with Gasteiger partial charge in [0.25, 0.3) is 0 Å². The molecular formula is C13H24N2O. The molecule has 0 bridgehead atoms. The third kappa shape index (κ3) is 2.40. The summed E-state index contributed by atoms with van der Waals surface area (Å²) in [5.41, 5.74) is -0.0942. The summed E-state index contributed by atoms with van der Waals surface area (Å²) >= 11 is 0. The van der Waals surface area contributed by atoms with Crippen LogP contribution < -0.4 is 5.32 Å². The predicted octanol–water partition coefficient (Wildman–Crippen LogP) is 1.78. The van der Waals surface area contributed by atoms with Crippen LogP contribution in [-0.4, -0.2) is 36.5 Å². The molecule has 0 unspecified atom stereocenters. The molecule has 2 rings (SSSR count). The van der Waals surface area contributed by atoms with Crippen molar-refractivity contribution in [2.24, 2.45) is 5.41 Å². The van der Waals surface area contributed by atoms with Crippen molar-refractivity contribution in [3.63, 3.8) is 0 Å². The molecule has 1 aliphatic heterocycles. The molecule has 0 radical (unpaired) electrons. The van der Waals surface area contributed by atoms with Gasteiger partial charge in [-0.05, 0) is 45.2 Å². The van der Waals surface area contributed by atoms with Crippen molar-refractivity contribution >= 4 is 5.91 Å². The molecule has 0 atom stereocenters. The standard InChI is InChI=1S/C13H24N2O/c1-3-10-15(11-4-5-11)12(16)13(2)6-8-14-9-7-13/h11,14H,3-10H2,1-2H3. The fourth-order valence-corrected chi connectivity index (χ4v) is 2.62. The number of rotatable bonds is 4. The van der Waals surface area contributed by atoms with Crippen LogP contribution >= 0.6 is 0 Å². The third-order valence-corrected chi connectivity index (χ3v) is 3.94. The van der Waals surface area contributed by atoms with Crippen LogP contribution in [0.5, 0.6) is 0 Å². The molecule has 0 aromatic carbocycles. The van der Waals surface area contributed by atoms with Crippen LogP contribution in [0.3, 0.4) is 0 Å². The van der Waals surface area contributed by atoms with Gasteiger partial charge in [0.05, 0.1) is 0 Å². The first kappa shape index (κ1) is 11.9. The number of piperidine rings is 1. The normalized spacial score (nSPS) is 24.1. The summed E-state index contributed by atoms with van der Waals surface area (Å²) in [6, 6.07) is 0.569. The molecule has 2 aliphatic rings. The van der Waals surface area contributed by atoms with Crippen LogP contribution in [0.1, 0.15) is 46.0 Å². The summed E-state index contributed by atoms with van der Waals surface area (Å²) in [6.07, 6.45) is 5.52. The lowest BCUT2D eigenvalue weighted by atomic mass is 9.79. The monoisotopic (exact) mass is 224 g/mol. The minimum atomic E-state index is -0.0942. The van der Waals surface area contributed by atoms with Gasteiger partial charge in [-0.2, -0.15) is 0 Å². The first-order chi connectivity index (χ1) is 7.67. The number of hydrogen-bond donors (Lipinski definition) is 1. The van der Waals surface area contributed by atoms with Crippen LogP contribution in [-0.2, 0) is 4.79 Å². The van der Waals surface area contributed by atoms with E-state index in [4.69, 9.17) is 0 Å². The molecule has 1 saturated carbocycles. The quantitative estimate of drug-likeness (QED) is 0.789. The highest BCUT2D eigenvalue weighted by Crippen LogP contribution is 2.35. The Kier molecular flexibility index (Phi) is 3.53. The molecule has 3 nitrogen and oxygen atoms in total. The van der Waals surface area contributed by atoms with Crippen molar-refractivity contribution < 1.29 is 4.79 Å². The molecule has 1 aliphatic carbocycles. The second kappa shape index (κ2) is 4.74. The van der Waals surface area contributed by atoms with E-state index in [9.17, 15) is 4.79 Å². The lowest BCUT2D eigenvalue weighted by Crippen LogP contribution is -2.48. The van der Waals surface area contributed by atoms with Crippen molar-refractivity contribution in [1.82, 2.24) is 10.2 Å². The van der Waals surface area contributed by atoms with Crippen molar-refractivity contribution in [2.45, 2.75) is 52.0 Å². The lowest BCUT2D eigenvalue weighted by Gasteiger charge is -2.37. The maximum absolute atomic E-state index is 12.6. The Morgan fingerprint density at radius 1 is 1.38 bits per heavy atom. The molecule has 2 fully saturated rings. The summed E-state index contributed by atoms with van der Waals surface area (Å²) in [4.78, 5) is 14.7. The Morgan fingerprint density at radius 3 is 2.50 bits per heavy atom. The molecule has 3 heteroatoms. The summed E-state index contributed by atoms with van der Waals surface area (Å²) in [6.45, 7) is 7.25. The summed E-state index contributed by atoms with van der Waals surface area (Å²) < 4.78 is 0. The van der Waals surface area contributed by atoms with Gasteiger partial charge in [0.1, 0.15) is 0 Å². The van der Waals surface area contributed by atoms with E-state index in [1.807, 2.05) is 0 Å². The highest BCUT2D eigenvalue weighted by atomic mass is 16.2. The number of hydrogen-bond acceptors (Lipinski definition) is 2. The van der Waals surface area contributed by atoms with Crippen LogP contribution in [0.4, 0.5) is 0 Å². The average Bonchev–Trinajstić information content (AvgIpc) is 3.10. The zero-order chi connectivity index (χ0) is 11.6. The van der Waals surface area contributed by atoms with Gasteiger partial charge in [-0.3, -0.25) is 4.79 Å². The molecule has 16 heavy (non-hydrogen) atoms. The van der Waals surface area contributed by atoms with E-state index >= 15 is 0 Å². The van der Waals surface area contributed by atoms with Gasteiger partial charge in [0, 0.05) is 18.0 Å². The Hall–Kier alpha value is -0.570. The van der Waals surface area contributed by atoms with Gasteiger partial charge in [0.15, 0.2) is 0 Å². The van der Waals surface area contributed by atoms with Crippen LogP contribution in [0.15, 0.2) is 0 Å². The fraction of sp³-hybridized carbons (Fsp3) is 0.923. The van der Waals surface area contributed by atoms with Crippen molar-refractivity contribution in [3.8, 4) is 0 Å². The Morgan fingerprint density at radius 2 is 2.00 bits per heavy atom. The van der Waals surface area contributed by atoms with Crippen LogP contribution in [0.2, 0.25) is 0 Å². The van der Waals surface area contributed by atoms with E-state index < -0.39 is 0 Å². The van der Waals surface area contributed by atoms with Gasteiger partial charge >= 0.3 is 0 Å². The number of carbonyl (C=O) groups is 1. The molecule has 92 valence electrons. The molecule has 1 heterocycles. The topological polar surface area (TPSA) is 32.3 Å². The van der Waals surface area contributed by atoms with E-state index in [1.54, 1.807) is 0 Å². The number of amides is 1. The SMILES string of the molecule is CCCN(C(=O)C1(C)CCNCC1)C1CC1. The van der Waals surface area contributed by atoms with Gasteiger partial charge < -0.3 is 10.2 Å². The molecule has 0 spiro atoms. The summed E-state index contributed by atoms with van der Waals surface area (Å²) in [7, 11) is 0. The van der Waals surface area contributed by atoms with Crippen LogP contribution in [0.25, 0.3) is 0 Å². The maximum atomic E-state index is 12.6. The van der Waals surface area contributed by atoms with E-state index in [2.05, 4.69) is 24.1 Å². The highest BCUT2D eigenvalue weighted by molar-refractivity contribution is 5.83. The molecule has 1 amide bonds. The van der Waals surface area contributed by atoms with Gasteiger partial charge in [0.2, 0.25) is 5.91 Å². The van der Waals surface area contributed by atoms with Crippen LogP contribution in [0, 0.1) is 5.41 Å². The van der Waals surface area contributed by atoms with Gasteiger partial charge in [-0.25, -0.2) is 0 Å². The fourth-order valence-electron chi connectivity index (χ4n) is 2.62. The Labute approximate surface area is 98.6 Å². The molecule has 1 N–H and O–H groups in total. The lowest BCUT2D eigenvalue weighted by molar-refractivity contribution is -0.143. The first-order valence-corrected chi connectivity index (χ1v) is 6.69. The second-order valence-electron chi connectivity index (χ2n) is 5.54. The van der Waals surface area contributed by atoms with E-state index in [-0.39, 0.29) is 5.41 Å². The van der Waals surface area contributed by atoms with E-state index in [0.717, 1.165) is 38.9 Å². The van der Waals surface area contributed by atoms with Crippen molar-refractivity contribution in [2.75, 3.05) is 19.6 Å². The van der Waals surface area contributed by atoms with Crippen molar-refractivity contribution in [1.29, 1.82) is 0 Å². The highest BCUT2D eigenvalue weighted by Gasteiger charge is 2.42. The number of nitrogens with one attached hydrogen (secondary N) is 1. The minimum absolute atomic E-state index is 0.0942. The Balaban J connectivity index is 2.02. The molecule has 1 saturated heterocycles. The second-order valence-corrected chi connectivity index (χ2v) is 5.54. The van der Waals surface area contributed by atoms with Gasteiger partial charge in [-0.1, -0.05) is 13.8 Å². The first-order valence-electron chi connectivity index (χ1n) is 6.69. The van der Waals surface area contributed by atoms with E-state index in [1.165, 1.54) is 12.8 Å². The molecular weight excluding hydrogens is 200 g/mol. The van der Waals surface area contributed by atoms with Gasteiger partial charge in [-0.15, -0.1) is 0 Å². The molecule has 0 aromatic heterocycles. The molecule has 0 aromatic rings. The minimum Gasteiger partial charge on any atom is -0.339 e. The zero-order valence-electron chi connectivity index (χ0n) is 10.6. The summed E-state index contributed by atoms with van der Waals surface area (Å²) in [5, 5.41) is 3.34. The van der Waals surface area contributed by atoms with Crippen molar-refractivity contribution in [3.05, 3.63) is 0 Å². The number of carbonyl (C=O) groups excluding carboxylic acids is 1. The number of nitrogens with zero attached hydrogens (tertiary/aromatic N) is 1. The summed E-state index contributed by atoms with van der Waals surface area (Å²) in [5.74, 6) is 0.415. The average molecular weight is 224 g/mol. The zero-order valence-corrected chi connectivity index (χ0v) is 10.6. The Bertz CT molecular complexity index is 255. The predicted molar refractivity (Wildman–Crippen MR) is 65.2 cm³/mol. The smallest absolute Gasteiger partial charge is 0.228 e. The van der Waals surface area contributed by atoms with E-state index in [0.29, 0.717) is 11.9 Å². The maximum Gasteiger partial charge on any atom is 0.228 e.